The molecule has 1 atom stereocenters. The number of hydrogen-bond donors (Lipinski definition) is 2. The Morgan fingerprint density at radius 1 is 1.42 bits per heavy atom. The molecule has 19 heavy (non-hydrogen) atoms. The molecule has 1 aliphatic heterocycles. The van der Waals surface area contributed by atoms with E-state index in [9.17, 15) is 13.6 Å². The van der Waals surface area contributed by atoms with Crippen molar-refractivity contribution in [1.29, 1.82) is 0 Å². The van der Waals surface area contributed by atoms with Crippen molar-refractivity contribution in [2.24, 2.45) is 5.92 Å². The molecule has 0 saturated carbocycles. The summed E-state index contributed by atoms with van der Waals surface area (Å²) in [6.07, 6.45) is 2.12. The van der Waals surface area contributed by atoms with Gasteiger partial charge in [0, 0.05) is 6.54 Å². The Balaban J connectivity index is 1.97. The third-order valence-electron chi connectivity index (χ3n) is 3.20. The zero-order valence-electron chi connectivity index (χ0n) is 10.3. The average Bonchev–Trinajstić information content (AvgIpc) is 2.41. The lowest BCUT2D eigenvalue weighted by atomic mass is 9.99. The van der Waals surface area contributed by atoms with E-state index in [4.69, 9.17) is 11.6 Å². The van der Waals surface area contributed by atoms with Crippen molar-refractivity contribution in [2.45, 2.75) is 12.8 Å². The van der Waals surface area contributed by atoms with Crippen molar-refractivity contribution in [3.63, 3.8) is 0 Å². The molecular weight excluding hydrogens is 274 g/mol. The molecule has 1 amide bonds. The summed E-state index contributed by atoms with van der Waals surface area (Å²) in [6, 6.07) is 1.64. The topological polar surface area (TPSA) is 41.1 Å². The Bertz CT molecular complexity index is 476. The maximum Gasteiger partial charge on any atom is 0.252 e. The van der Waals surface area contributed by atoms with Gasteiger partial charge in [0.2, 0.25) is 0 Å². The fourth-order valence-electron chi connectivity index (χ4n) is 2.13. The zero-order chi connectivity index (χ0) is 13.8. The highest BCUT2D eigenvalue weighted by Crippen LogP contribution is 2.20. The van der Waals surface area contributed by atoms with E-state index >= 15 is 0 Å². The molecule has 2 rings (SSSR count). The molecule has 0 spiro atoms. The molecule has 3 nitrogen and oxygen atoms in total. The summed E-state index contributed by atoms with van der Waals surface area (Å²) in [5.74, 6) is -2.25. The van der Waals surface area contributed by atoms with Gasteiger partial charge in [-0.2, -0.15) is 0 Å². The van der Waals surface area contributed by atoms with E-state index in [0.717, 1.165) is 38.1 Å². The molecule has 2 N–H and O–H groups in total. The summed E-state index contributed by atoms with van der Waals surface area (Å²) in [5.41, 5.74) is -0.0377. The van der Waals surface area contributed by atoms with Crippen LogP contribution in [0.2, 0.25) is 5.02 Å². The predicted molar refractivity (Wildman–Crippen MR) is 69.3 cm³/mol. The number of benzene rings is 1. The monoisotopic (exact) mass is 288 g/mol. The first-order valence-electron chi connectivity index (χ1n) is 6.21. The maximum absolute atomic E-state index is 13.1. The van der Waals surface area contributed by atoms with Crippen LogP contribution in [0.5, 0.6) is 0 Å². The molecule has 0 radical (unpaired) electrons. The van der Waals surface area contributed by atoms with Crippen LogP contribution < -0.4 is 10.6 Å². The average molecular weight is 289 g/mol. The Hall–Kier alpha value is -1.20. The molecule has 1 saturated heterocycles. The third kappa shape index (κ3) is 3.64. The van der Waals surface area contributed by atoms with E-state index in [1.807, 2.05) is 0 Å². The Labute approximate surface area is 115 Å². The van der Waals surface area contributed by atoms with Crippen LogP contribution in [0.3, 0.4) is 0 Å². The fraction of sp³-hybridized carbons (Fsp3) is 0.462. The number of amides is 1. The minimum atomic E-state index is -1.08. The standard InChI is InChI=1S/C13H15ClF2N2O/c14-10-5-12(16)11(15)4-9(10)13(19)18-7-8-2-1-3-17-6-8/h4-5,8,17H,1-3,6-7H2,(H,18,19)/t8-/m1/s1. The number of rotatable bonds is 3. The van der Waals surface area contributed by atoms with Crippen LogP contribution in [0, 0.1) is 17.6 Å². The molecule has 1 aromatic carbocycles. The molecule has 0 bridgehead atoms. The summed E-state index contributed by atoms with van der Waals surface area (Å²) in [7, 11) is 0. The summed E-state index contributed by atoms with van der Waals surface area (Å²) in [5, 5.41) is 5.86. The van der Waals surface area contributed by atoms with Crippen LogP contribution in [0.25, 0.3) is 0 Å². The van der Waals surface area contributed by atoms with Gasteiger partial charge in [-0.1, -0.05) is 11.6 Å². The molecule has 0 unspecified atom stereocenters. The van der Waals surface area contributed by atoms with Gasteiger partial charge < -0.3 is 10.6 Å². The number of nitrogens with one attached hydrogen (secondary N) is 2. The molecule has 1 aromatic rings. The first-order valence-corrected chi connectivity index (χ1v) is 6.59. The number of piperidine rings is 1. The molecule has 1 heterocycles. The van der Waals surface area contributed by atoms with Crippen LogP contribution in [-0.4, -0.2) is 25.5 Å². The normalized spacial score (nSPS) is 19.2. The predicted octanol–water partition coefficient (Wildman–Crippen LogP) is 2.35. The number of halogens is 3. The second-order valence-electron chi connectivity index (χ2n) is 4.67. The molecule has 1 aliphatic rings. The van der Waals surface area contributed by atoms with E-state index in [1.54, 1.807) is 0 Å². The largest absolute Gasteiger partial charge is 0.352 e. The fourth-order valence-corrected chi connectivity index (χ4v) is 2.36. The summed E-state index contributed by atoms with van der Waals surface area (Å²) < 4.78 is 26.0. The molecule has 104 valence electrons. The van der Waals surface area contributed by atoms with Gasteiger partial charge in [0.1, 0.15) is 0 Å². The molecule has 1 fully saturated rings. The number of carbonyl (C=O) groups excluding carboxylic acids is 1. The van der Waals surface area contributed by atoms with Gasteiger partial charge in [-0.15, -0.1) is 0 Å². The third-order valence-corrected chi connectivity index (χ3v) is 3.52. The van der Waals surface area contributed by atoms with Crippen LogP contribution in [0.1, 0.15) is 23.2 Å². The van der Waals surface area contributed by atoms with E-state index < -0.39 is 17.5 Å². The van der Waals surface area contributed by atoms with Gasteiger partial charge in [0.05, 0.1) is 10.6 Å². The highest BCUT2D eigenvalue weighted by molar-refractivity contribution is 6.33. The van der Waals surface area contributed by atoms with Gasteiger partial charge in [-0.05, 0) is 44.0 Å². The van der Waals surface area contributed by atoms with Gasteiger partial charge in [-0.3, -0.25) is 4.79 Å². The lowest BCUT2D eigenvalue weighted by molar-refractivity contribution is 0.0944. The lowest BCUT2D eigenvalue weighted by Gasteiger charge is -2.22. The lowest BCUT2D eigenvalue weighted by Crippen LogP contribution is -2.38. The zero-order valence-corrected chi connectivity index (χ0v) is 11.1. The van der Waals surface area contributed by atoms with Crippen LogP contribution in [0.15, 0.2) is 12.1 Å². The van der Waals surface area contributed by atoms with Crippen LogP contribution in [-0.2, 0) is 0 Å². The Morgan fingerprint density at radius 2 is 2.16 bits per heavy atom. The smallest absolute Gasteiger partial charge is 0.252 e. The minimum Gasteiger partial charge on any atom is -0.352 e. The Morgan fingerprint density at radius 3 is 2.84 bits per heavy atom. The molecule has 0 aromatic heterocycles. The highest BCUT2D eigenvalue weighted by atomic mass is 35.5. The molecule has 0 aliphatic carbocycles. The first kappa shape index (κ1) is 14.2. The highest BCUT2D eigenvalue weighted by Gasteiger charge is 2.17. The summed E-state index contributed by atoms with van der Waals surface area (Å²) >= 11 is 5.74. The van der Waals surface area contributed by atoms with Crippen molar-refractivity contribution < 1.29 is 13.6 Å². The first-order chi connectivity index (χ1) is 9.08. The van der Waals surface area contributed by atoms with Crippen molar-refractivity contribution in [3.8, 4) is 0 Å². The second kappa shape index (κ2) is 6.30. The van der Waals surface area contributed by atoms with Crippen LogP contribution >= 0.6 is 11.6 Å². The number of hydrogen-bond acceptors (Lipinski definition) is 2. The number of carbonyl (C=O) groups is 1. The van der Waals surface area contributed by atoms with E-state index in [2.05, 4.69) is 10.6 Å². The van der Waals surface area contributed by atoms with Crippen molar-refractivity contribution >= 4 is 17.5 Å². The SMILES string of the molecule is O=C(NC[C@@H]1CCCNC1)c1cc(F)c(F)cc1Cl. The second-order valence-corrected chi connectivity index (χ2v) is 5.08. The van der Waals surface area contributed by atoms with E-state index in [0.29, 0.717) is 12.5 Å². The van der Waals surface area contributed by atoms with Crippen molar-refractivity contribution in [3.05, 3.63) is 34.4 Å². The van der Waals surface area contributed by atoms with Crippen molar-refractivity contribution in [2.75, 3.05) is 19.6 Å². The van der Waals surface area contributed by atoms with Crippen LogP contribution in [0.4, 0.5) is 8.78 Å². The van der Waals surface area contributed by atoms with Gasteiger partial charge in [0.15, 0.2) is 11.6 Å². The quantitative estimate of drug-likeness (QED) is 0.838. The summed E-state index contributed by atoms with van der Waals surface area (Å²) in [4.78, 5) is 11.9. The van der Waals surface area contributed by atoms with Crippen molar-refractivity contribution in [1.82, 2.24) is 10.6 Å². The van der Waals surface area contributed by atoms with Gasteiger partial charge >= 0.3 is 0 Å². The van der Waals surface area contributed by atoms with Gasteiger partial charge in [0.25, 0.3) is 5.91 Å². The molecular formula is C13H15ClF2N2O. The maximum atomic E-state index is 13.1. The van der Waals surface area contributed by atoms with E-state index in [1.165, 1.54) is 0 Å². The molecule has 6 heteroatoms. The Kier molecular flexibility index (Phi) is 4.71. The minimum absolute atomic E-state index is 0.0377. The summed E-state index contributed by atoms with van der Waals surface area (Å²) in [6.45, 7) is 2.35. The van der Waals surface area contributed by atoms with E-state index in [-0.39, 0.29) is 10.6 Å². The van der Waals surface area contributed by atoms with Gasteiger partial charge in [-0.25, -0.2) is 8.78 Å².